The molecule has 0 aromatic heterocycles. The van der Waals surface area contributed by atoms with E-state index < -0.39 is 0 Å². The minimum Gasteiger partial charge on any atom is -0.469 e. The summed E-state index contributed by atoms with van der Waals surface area (Å²) < 4.78 is 4.45. The van der Waals surface area contributed by atoms with Crippen molar-refractivity contribution in [2.75, 3.05) is 13.7 Å². The molecule has 0 aliphatic heterocycles. The Morgan fingerprint density at radius 1 is 1.58 bits per heavy atom. The molecule has 1 atom stereocenters. The Morgan fingerprint density at radius 3 is 2.42 bits per heavy atom. The van der Waals surface area contributed by atoms with Gasteiger partial charge < -0.3 is 16.2 Å². The normalized spacial score (nSPS) is 10.8. The van der Waals surface area contributed by atoms with Crippen molar-refractivity contribution in [3.05, 3.63) is 0 Å². The Labute approximate surface area is 88.6 Å². The molecule has 12 heavy (non-hydrogen) atoms. The Kier molecular flexibility index (Phi) is 8.34. The molecule has 0 fully saturated rings. The Bertz CT molecular complexity index is 168. The van der Waals surface area contributed by atoms with Crippen LogP contribution in [0.2, 0.25) is 0 Å². The van der Waals surface area contributed by atoms with Crippen LogP contribution in [0.15, 0.2) is 4.99 Å². The summed E-state index contributed by atoms with van der Waals surface area (Å²) in [5.41, 5.74) is 10.1. The topological polar surface area (TPSA) is 90.7 Å². The maximum atomic E-state index is 10.8. The largest absolute Gasteiger partial charge is 0.469 e. The van der Waals surface area contributed by atoms with E-state index in [1.165, 1.54) is 7.11 Å². The number of hydrogen-bond acceptors (Lipinski definition) is 3. The smallest absolute Gasteiger partial charge is 0.310 e. The second kappa shape index (κ2) is 7.14. The summed E-state index contributed by atoms with van der Waals surface area (Å²) in [5.74, 6) is -0.613. The highest BCUT2D eigenvalue weighted by atomic mass is 127. The number of methoxy groups -OCH3 is 1. The molecule has 0 aromatic carbocycles. The number of aliphatic imine (C=N–C) groups is 1. The van der Waals surface area contributed by atoms with Gasteiger partial charge in [-0.05, 0) is 0 Å². The molecule has 0 bridgehead atoms. The van der Waals surface area contributed by atoms with Crippen molar-refractivity contribution in [2.24, 2.45) is 22.4 Å². The van der Waals surface area contributed by atoms with Gasteiger partial charge in [-0.15, -0.1) is 24.0 Å². The summed E-state index contributed by atoms with van der Waals surface area (Å²) in [4.78, 5) is 14.4. The van der Waals surface area contributed by atoms with Gasteiger partial charge in [-0.2, -0.15) is 0 Å². The number of halogens is 1. The molecule has 4 N–H and O–H groups in total. The van der Waals surface area contributed by atoms with E-state index in [-0.39, 0.29) is 48.4 Å². The van der Waals surface area contributed by atoms with E-state index in [9.17, 15) is 4.79 Å². The van der Waals surface area contributed by atoms with Gasteiger partial charge in [0.1, 0.15) is 0 Å². The van der Waals surface area contributed by atoms with Gasteiger partial charge >= 0.3 is 5.97 Å². The molecular weight excluding hydrogens is 273 g/mol. The Balaban J connectivity index is 0. The van der Waals surface area contributed by atoms with Crippen LogP contribution in [0.25, 0.3) is 0 Å². The highest BCUT2D eigenvalue weighted by Crippen LogP contribution is 1.96. The third-order valence-electron chi connectivity index (χ3n) is 1.15. The zero-order valence-corrected chi connectivity index (χ0v) is 9.44. The number of rotatable bonds is 3. The van der Waals surface area contributed by atoms with Crippen LogP contribution < -0.4 is 11.5 Å². The fourth-order valence-corrected chi connectivity index (χ4v) is 0.518. The Hall–Kier alpha value is -0.530. The standard InChI is InChI=1S/C6H13N3O2.HI/c1-4(5(10)11-2)3-9-6(7)8;/h4H,3H2,1-2H3,(H4,7,8,9);1H. The number of carbonyl (C=O) groups is 1. The second-order valence-corrected chi connectivity index (χ2v) is 2.19. The van der Waals surface area contributed by atoms with Crippen LogP contribution in [0, 0.1) is 5.92 Å². The van der Waals surface area contributed by atoms with Gasteiger partial charge in [0.15, 0.2) is 5.96 Å². The van der Waals surface area contributed by atoms with E-state index in [0.29, 0.717) is 0 Å². The van der Waals surface area contributed by atoms with Gasteiger partial charge in [0.05, 0.1) is 19.6 Å². The number of esters is 1. The molecular formula is C6H14IN3O2. The van der Waals surface area contributed by atoms with E-state index in [4.69, 9.17) is 11.5 Å². The van der Waals surface area contributed by atoms with Gasteiger partial charge in [0.25, 0.3) is 0 Å². The first-order valence-corrected chi connectivity index (χ1v) is 3.21. The van der Waals surface area contributed by atoms with Crippen LogP contribution in [0.5, 0.6) is 0 Å². The van der Waals surface area contributed by atoms with Crippen molar-refractivity contribution in [1.29, 1.82) is 0 Å². The minimum atomic E-state index is -0.310. The van der Waals surface area contributed by atoms with E-state index >= 15 is 0 Å². The fraction of sp³-hybridized carbons (Fsp3) is 0.667. The van der Waals surface area contributed by atoms with E-state index in [1.54, 1.807) is 6.92 Å². The first kappa shape index (κ1) is 14.0. The van der Waals surface area contributed by atoms with Crippen molar-refractivity contribution >= 4 is 35.9 Å². The molecule has 0 spiro atoms. The van der Waals surface area contributed by atoms with Gasteiger partial charge in [-0.1, -0.05) is 6.92 Å². The molecule has 1 unspecified atom stereocenters. The average molecular weight is 287 g/mol. The van der Waals surface area contributed by atoms with E-state index in [2.05, 4.69) is 9.73 Å². The molecule has 5 nitrogen and oxygen atoms in total. The predicted octanol–water partition coefficient (Wildman–Crippen LogP) is -0.313. The molecule has 72 valence electrons. The van der Waals surface area contributed by atoms with Crippen molar-refractivity contribution in [3.8, 4) is 0 Å². The van der Waals surface area contributed by atoms with Crippen LogP contribution in [0.3, 0.4) is 0 Å². The molecule has 0 aliphatic carbocycles. The minimum absolute atomic E-state index is 0. The van der Waals surface area contributed by atoms with Crippen LogP contribution >= 0.6 is 24.0 Å². The lowest BCUT2D eigenvalue weighted by atomic mass is 10.2. The maximum Gasteiger partial charge on any atom is 0.310 e. The second-order valence-electron chi connectivity index (χ2n) is 2.19. The number of guanidine groups is 1. The molecule has 0 rings (SSSR count). The lowest BCUT2D eigenvalue weighted by Gasteiger charge is -2.04. The van der Waals surface area contributed by atoms with Crippen LogP contribution in [-0.4, -0.2) is 25.6 Å². The molecule has 0 aromatic rings. The van der Waals surface area contributed by atoms with Gasteiger partial charge in [-0.25, -0.2) is 0 Å². The molecule has 6 heteroatoms. The average Bonchev–Trinajstić information content (AvgIpc) is 1.98. The number of hydrogen-bond donors (Lipinski definition) is 2. The quantitative estimate of drug-likeness (QED) is 0.322. The zero-order valence-electron chi connectivity index (χ0n) is 7.11. The lowest BCUT2D eigenvalue weighted by Crippen LogP contribution is -2.25. The first-order valence-electron chi connectivity index (χ1n) is 3.21. The molecule has 0 radical (unpaired) electrons. The molecule has 0 aliphatic rings. The van der Waals surface area contributed by atoms with Crippen molar-refractivity contribution < 1.29 is 9.53 Å². The molecule has 0 saturated carbocycles. The fourth-order valence-electron chi connectivity index (χ4n) is 0.518. The van der Waals surface area contributed by atoms with E-state index in [1.807, 2.05) is 0 Å². The van der Waals surface area contributed by atoms with Crippen LogP contribution in [0.1, 0.15) is 6.92 Å². The highest BCUT2D eigenvalue weighted by molar-refractivity contribution is 14.0. The number of nitrogens with zero attached hydrogens (tertiary/aromatic N) is 1. The summed E-state index contributed by atoms with van der Waals surface area (Å²) in [5, 5.41) is 0. The third-order valence-corrected chi connectivity index (χ3v) is 1.15. The monoisotopic (exact) mass is 287 g/mol. The van der Waals surface area contributed by atoms with Crippen molar-refractivity contribution in [2.45, 2.75) is 6.92 Å². The summed E-state index contributed by atoms with van der Waals surface area (Å²) >= 11 is 0. The molecule has 0 heterocycles. The Morgan fingerprint density at radius 2 is 2.08 bits per heavy atom. The molecule has 0 saturated heterocycles. The first-order chi connectivity index (χ1) is 5.07. The predicted molar refractivity (Wildman–Crippen MR) is 57.3 cm³/mol. The molecule has 0 amide bonds. The van der Waals surface area contributed by atoms with Gasteiger partial charge in [-0.3, -0.25) is 9.79 Å². The lowest BCUT2D eigenvalue weighted by molar-refractivity contribution is -0.144. The van der Waals surface area contributed by atoms with Crippen molar-refractivity contribution in [3.63, 3.8) is 0 Å². The summed E-state index contributed by atoms with van der Waals surface area (Å²) in [6, 6.07) is 0. The van der Waals surface area contributed by atoms with Crippen LogP contribution in [-0.2, 0) is 9.53 Å². The van der Waals surface area contributed by atoms with Gasteiger partial charge in [0, 0.05) is 0 Å². The van der Waals surface area contributed by atoms with E-state index in [0.717, 1.165) is 0 Å². The van der Waals surface area contributed by atoms with Crippen LogP contribution in [0.4, 0.5) is 0 Å². The van der Waals surface area contributed by atoms with Crippen molar-refractivity contribution in [1.82, 2.24) is 0 Å². The zero-order chi connectivity index (χ0) is 8.85. The number of nitrogens with two attached hydrogens (primary N) is 2. The summed E-state index contributed by atoms with van der Waals surface area (Å²) in [6.45, 7) is 1.97. The van der Waals surface area contributed by atoms with Gasteiger partial charge in [0.2, 0.25) is 0 Å². The number of carbonyl (C=O) groups excluding carboxylic acids is 1. The third kappa shape index (κ3) is 6.20. The SMILES string of the molecule is COC(=O)C(C)CN=C(N)N.I. The number of ether oxygens (including phenoxy) is 1. The maximum absolute atomic E-state index is 10.8. The summed E-state index contributed by atoms with van der Waals surface area (Å²) in [7, 11) is 1.33. The highest BCUT2D eigenvalue weighted by Gasteiger charge is 2.11. The summed E-state index contributed by atoms with van der Waals surface area (Å²) in [6.07, 6.45) is 0.